The molecule has 2 heterocycles. The summed E-state index contributed by atoms with van der Waals surface area (Å²) in [6.45, 7) is 5.01. The molecule has 2 aliphatic rings. The molecule has 2 saturated heterocycles. The highest BCUT2D eigenvalue weighted by Crippen LogP contribution is 2.06. The van der Waals surface area contributed by atoms with Gasteiger partial charge in [0.25, 0.3) is 5.91 Å². The molecule has 1 N–H and O–H groups in total. The van der Waals surface area contributed by atoms with Gasteiger partial charge in [0.15, 0.2) is 6.10 Å². The monoisotopic (exact) mass is 214 g/mol. The van der Waals surface area contributed by atoms with Gasteiger partial charge in [-0.05, 0) is 13.0 Å². The Kier molecular flexibility index (Phi) is 3.94. The predicted molar refractivity (Wildman–Crippen MR) is 54.6 cm³/mol. The topological polar surface area (TPSA) is 50.8 Å². The van der Waals surface area contributed by atoms with Crippen LogP contribution < -0.4 is 5.32 Å². The Labute approximate surface area is 89.7 Å². The highest BCUT2D eigenvalue weighted by molar-refractivity contribution is 5.81. The molecule has 0 bridgehead atoms. The lowest BCUT2D eigenvalue weighted by Crippen LogP contribution is -2.46. The first kappa shape index (κ1) is 10.9. The maximum absolute atomic E-state index is 12.0. The minimum Gasteiger partial charge on any atom is -0.376 e. The van der Waals surface area contributed by atoms with E-state index in [0.29, 0.717) is 19.8 Å². The van der Waals surface area contributed by atoms with E-state index in [1.54, 1.807) is 0 Å². The number of ether oxygens (including phenoxy) is 2. The van der Waals surface area contributed by atoms with Crippen LogP contribution >= 0.6 is 0 Å². The Bertz CT molecular complexity index is 209. The molecule has 1 amide bonds. The third-order valence-electron chi connectivity index (χ3n) is 2.74. The van der Waals surface area contributed by atoms with Gasteiger partial charge in [-0.1, -0.05) is 0 Å². The fraction of sp³-hybridized carbons (Fsp3) is 0.900. The van der Waals surface area contributed by atoms with Crippen LogP contribution in [0.1, 0.15) is 6.42 Å². The summed E-state index contributed by atoms with van der Waals surface area (Å²) in [7, 11) is 0. The fourth-order valence-corrected chi connectivity index (χ4v) is 1.90. The Morgan fingerprint density at radius 3 is 3.00 bits per heavy atom. The van der Waals surface area contributed by atoms with Gasteiger partial charge in [-0.2, -0.15) is 0 Å². The largest absolute Gasteiger partial charge is 0.376 e. The Balaban J connectivity index is 1.87. The van der Waals surface area contributed by atoms with Crippen molar-refractivity contribution in [3.8, 4) is 0 Å². The summed E-state index contributed by atoms with van der Waals surface area (Å²) in [4.78, 5) is 13.9. The summed E-state index contributed by atoms with van der Waals surface area (Å²) < 4.78 is 10.6. The molecule has 1 unspecified atom stereocenters. The molecule has 5 nitrogen and oxygen atoms in total. The van der Waals surface area contributed by atoms with Gasteiger partial charge in [-0.15, -0.1) is 0 Å². The van der Waals surface area contributed by atoms with E-state index in [4.69, 9.17) is 9.47 Å². The normalized spacial score (nSPS) is 28.5. The van der Waals surface area contributed by atoms with Crippen LogP contribution in [0.25, 0.3) is 0 Å². The van der Waals surface area contributed by atoms with Crippen LogP contribution in [0.5, 0.6) is 0 Å². The molecule has 0 aliphatic carbocycles. The Hall–Kier alpha value is -0.650. The van der Waals surface area contributed by atoms with Gasteiger partial charge in [0.1, 0.15) is 0 Å². The van der Waals surface area contributed by atoms with Crippen LogP contribution in [0.2, 0.25) is 0 Å². The first-order chi connectivity index (χ1) is 7.38. The van der Waals surface area contributed by atoms with Crippen molar-refractivity contribution in [3.63, 3.8) is 0 Å². The molecule has 5 heteroatoms. The molecule has 0 aromatic carbocycles. The van der Waals surface area contributed by atoms with Crippen molar-refractivity contribution in [1.29, 1.82) is 0 Å². The van der Waals surface area contributed by atoms with Crippen molar-refractivity contribution in [2.45, 2.75) is 12.5 Å². The standard InChI is InChI=1S/C10H18N2O3/c13-10(9-8-14-6-7-15-9)12-4-1-2-11-3-5-12/h9,11H,1-8H2. The summed E-state index contributed by atoms with van der Waals surface area (Å²) in [5.74, 6) is 0.0819. The van der Waals surface area contributed by atoms with Gasteiger partial charge >= 0.3 is 0 Å². The molecular weight excluding hydrogens is 196 g/mol. The minimum absolute atomic E-state index is 0.0819. The van der Waals surface area contributed by atoms with Crippen LogP contribution in [0.4, 0.5) is 0 Å². The lowest BCUT2D eigenvalue weighted by atomic mass is 10.3. The molecule has 86 valence electrons. The second-order valence-corrected chi connectivity index (χ2v) is 3.86. The lowest BCUT2D eigenvalue weighted by molar-refractivity contribution is -0.157. The minimum atomic E-state index is -0.378. The second-order valence-electron chi connectivity index (χ2n) is 3.86. The van der Waals surface area contributed by atoms with E-state index in [9.17, 15) is 4.79 Å². The van der Waals surface area contributed by atoms with Crippen molar-refractivity contribution in [3.05, 3.63) is 0 Å². The van der Waals surface area contributed by atoms with Crippen molar-refractivity contribution in [2.24, 2.45) is 0 Å². The lowest BCUT2D eigenvalue weighted by Gasteiger charge is -2.28. The number of hydrogen-bond acceptors (Lipinski definition) is 4. The Morgan fingerprint density at radius 2 is 2.20 bits per heavy atom. The average molecular weight is 214 g/mol. The summed E-state index contributed by atoms with van der Waals surface area (Å²) in [5.41, 5.74) is 0. The van der Waals surface area contributed by atoms with E-state index in [1.165, 1.54) is 0 Å². The molecule has 0 aromatic rings. The number of carbonyl (C=O) groups excluding carboxylic acids is 1. The van der Waals surface area contributed by atoms with Crippen LogP contribution in [-0.4, -0.2) is 62.9 Å². The predicted octanol–water partition coefficient (Wildman–Crippen LogP) is -0.776. The first-order valence-electron chi connectivity index (χ1n) is 5.57. The zero-order valence-electron chi connectivity index (χ0n) is 8.91. The van der Waals surface area contributed by atoms with Crippen LogP contribution in [0.15, 0.2) is 0 Å². The van der Waals surface area contributed by atoms with Crippen molar-refractivity contribution < 1.29 is 14.3 Å². The summed E-state index contributed by atoms with van der Waals surface area (Å²) in [6.07, 6.45) is 0.635. The molecule has 0 saturated carbocycles. The smallest absolute Gasteiger partial charge is 0.254 e. The van der Waals surface area contributed by atoms with Gasteiger partial charge in [0.2, 0.25) is 0 Å². The first-order valence-corrected chi connectivity index (χ1v) is 5.57. The van der Waals surface area contributed by atoms with Crippen molar-refractivity contribution in [2.75, 3.05) is 46.0 Å². The van der Waals surface area contributed by atoms with Gasteiger partial charge in [-0.25, -0.2) is 0 Å². The zero-order valence-corrected chi connectivity index (χ0v) is 8.91. The maximum atomic E-state index is 12.0. The zero-order chi connectivity index (χ0) is 10.5. The van der Waals surface area contributed by atoms with E-state index in [0.717, 1.165) is 32.6 Å². The number of carbonyl (C=O) groups is 1. The third-order valence-corrected chi connectivity index (χ3v) is 2.74. The number of amides is 1. The van der Waals surface area contributed by atoms with Gasteiger partial charge in [0.05, 0.1) is 19.8 Å². The van der Waals surface area contributed by atoms with Crippen LogP contribution in [0, 0.1) is 0 Å². The van der Waals surface area contributed by atoms with Crippen molar-refractivity contribution >= 4 is 5.91 Å². The van der Waals surface area contributed by atoms with Gasteiger partial charge in [-0.3, -0.25) is 4.79 Å². The quantitative estimate of drug-likeness (QED) is 0.622. The van der Waals surface area contributed by atoms with E-state index in [1.807, 2.05) is 4.90 Å². The summed E-state index contributed by atoms with van der Waals surface area (Å²) in [5, 5.41) is 3.27. The van der Waals surface area contributed by atoms with Crippen LogP contribution in [0.3, 0.4) is 0 Å². The van der Waals surface area contributed by atoms with Crippen molar-refractivity contribution in [1.82, 2.24) is 10.2 Å². The SMILES string of the molecule is O=C(C1COCCO1)N1CCCNCC1. The summed E-state index contributed by atoms with van der Waals surface area (Å²) in [6, 6.07) is 0. The molecule has 0 aromatic heterocycles. The van der Waals surface area contributed by atoms with E-state index in [2.05, 4.69) is 5.32 Å². The van der Waals surface area contributed by atoms with Gasteiger partial charge < -0.3 is 19.7 Å². The molecule has 2 rings (SSSR count). The van der Waals surface area contributed by atoms with Gasteiger partial charge in [0, 0.05) is 19.6 Å². The summed E-state index contributed by atoms with van der Waals surface area (Å²) >= 11 is 0. The second kappa shape index (κ2) is 5.44. The van der Waals surface area contributed by atoms with E-state index < -0.39 is 0 Å². The van der Waals surface area contributed by atoms with E-state index in [-0.39, 0.29) is 12.0 Å². The molecule has 2 fully saturated rings. The van der Waals surface area contributed by atoms with E-state index >= 15 is 0 Å². The highest BCUT2D eigenvalue weighted by atomic mass is 16.6. The maximum Gasteiger partial charge on any atom is 0.254 e. The average Bonchev–Trinajstić information content (AvgIpc) is 2.58. The molecule has 0 radical (unpaired) electrons. The third kappa shape index (κ3) is 2.90. The van der Waals surface area contributed by atoms with Crippen LogP contribution in [-0.2, 0) is 14.3 Å². The molecule has 0 spiro atoms. The number of rotatable bonds is 1. The Morgan fingerprint density at radius 1 is 1.27 bits per heavy atom. The highest BCUT2D eigenvalue weighted by Gasteiger charge is 2.27. The fourth-order valence-electron chi connectivity index (χ4n) is 1.90. The molecule has 2 aliphatic heterocycles. The molecule has 1 atom stereocenters. The number of nitrogens with one attached hydrogen (secondary N) is 1. The number of hydrogen-bond donors (Lipinski definition) is 1. The molecule has 15 heavy (non-hydrogen) atoms. The molecular formula is C10H18N2O3. The number of nitrogens with zero attached hydrogens (tertiary/aromatic N) is 1.